The molecule has 0 unspecified atom stereocenters. The van der Waals surface area contributed by atoms with Gasteiger partial charge in [0.1, 0.15) is 10.4 Å². The number of hydrogen-bond donors (Lipinski definition) is 0. The van der Waals surface area contributed by atoms with E-state index in [4.69, 9.17) is 5.26 Å². The third-order valence-electron chi connectivity index (χ3n) is 2.26. The molecule has 1 aromatic heterocycles. The lowest BCUT2D eigenvalue weighted by atomic mass is 9.94. The Morgan fingerprint density at radius 1 is 1.60 bits per heavy atom. The van der Waals surface area contributed by atoms with Crippen LogP contribution in [0.3, 0.4) is 0 Å². The molecular weight excluding hydrogens is 208 g/mol. The molecule has 0 aliphatic carbocycles. The standard InChI is InChI=1S/C11H14N2OS/c1-8-5-6-15-9(8)13(4)10(14)11(2,3)7-12/h5-6H,1-4H3. The van der Waals surface area contributed by atoms with Gasteiger partial charge in [-0.25, -0.2) is 0 Å². The van der Waals surface area contributed by atoms with Gasteiger partial charge < -0.3 is 4.90 Å². The van der Waals surface area contributed by atoms with Gasteiger partial charge in [-0.05, 0) is 37.8 Å². The van der Waals surface area contributed by atoms with E-state index in [0.29, 0.717) is 0 Å². The van der Waals surface area contributed by atoms with Crippen LogP contribution < -0.4 is 4.90 Å². The molecule has 0 saturated heterocycles. The summed E-state index contributed by atoms with van der Waals surface area (Å²) in [6.45, 7) is 5.22. The maximum absolute atomic E-state index is 12.0. The SMILES string of the molecule is Cc1ccsc1N(C)C(=O)C(C)(C)C#N. The Balaban J connectivity index is 2.98. The number of carbonyl (C=O) groups excluding carboxylic acids is 1. The lowest BCUT2D eigenvalue weighted by molar-refractivity contribution is -0.123. The number of nitriles is 1. The zero-order valence-corrected chi connectivity index (χ0v) is 10.2. The predicted octanol–water partition coefficient (Wildman–Crippen LogP) is 2.57. The van der Waals surface area contributed by atoms with E-state index in [9.17, 15) is 4.79 Å². The van der Waals surface area contributed by atoms with E-state index in [1.54, 1.807) is 25.8 Å². The number of carbonyl (C=O) groups is 1. The van der Waals surface area contributed by atoms with Gasteiger partial charge in [-0.15, -0.1) is 11.3 Å². The lowest BCUT2D eigenvalue weighted by Gasteiger charge is -2.23. The summed E-state index contributed by atoms with van der Waals surface area (Å²) >= 11 is 1.51. The average molecular weight is 222 g/mol. The van der Waals surface area contributed by atoms with Crippen molar-refractivity contribution < 1.29 is 4.79 Å². The van der Waals surface area contributed by atoms with Gasteiger partial charge in [0.15, 0.2) is 0 Å². The van der Waals surface area contributed by atoms with E-state index < -0.39 is 5.41 Å². The molecule has 1 rings (SSSR count). The van der Waals surface area contributed by atoms with E-state index in [-0.39, 0.29) is 5.91 Å². The molecule has 4 heteroatoms. The number of amides is 1. The summed E-state index contributed by atoms with van der Waals surface area (Å²) < 4.78 is 0. The highest BCUT2D eigenvalue weighted by Gasteiger charge is 2.31. The van der Waals surface area contributed by atoms with Gasteiger partial charge in [0.25, 0.3) is 0 Å². The summed E-state index contributed by atoms with van der Waals surface area (Å²) in [5.41, 5.74) is 0.0927. The Morgan fingerprint density at radius 2 is 2.20 bits per heavy atom. The van der Waals surface area contributed by atoms with Gasteiger partial charge in [0.05, 0.1) is 6.07 Å². The maximum Gasteiger partial charge on any atom is 0.247 e. The molecule has 0 aliphatic heterocycles. The van der Waals surface area contributed by atoms with E-state index >= 15 is 0 Å². The molecule has 15 heavy (non-hydrogen) atoms. The van der Waals surface area contributed by atoms with Crippen LogP contribution in [0.2, 0.25) is 0 Å². The van der Waals surface area contributed by atoms with Crippen molar-refractivity contribution in [2.75, 3.05) is 11.9 Å². The van der Waals surface area contributed by atoms with Crippen molar-refractivity contribution in [2.45, 2.75) is 20.8 Å². The van der Waals surface area contributed by atoms with Crippen LogP contribution in [-0.2, 0) is 4.79 Å². The van der Waals surface area contributed by atoms with Crippen molar-refractivity contribution in [3.05, 3.63) is 17.0 Å². The van der Waals surface area contributed by atoms with Gasteiger partial charge in [-0.1, -0.05) is 0 Å². The monoisotopic (exact) mass is 222 g/mol. The first kappa shape index (κ1) is 11.7. The molecular formula is C11H14N2OS. The van der Waals surface area contributed by atoms with Gasteiger partial charge in [-0.3, -0.25) is 4.79 Å². The quantitative estimate of drug-likeness (QED) is 0.772. The smallest absolute Gasteiger partial charge is 0.247 e. The minimum absolute atomic E-state index is 0.171. The molecule has 1 amide bonds. The van der Waals surface area contributed by atoms with Crippen LogP contribution in [0, 0.1) is 23.7 Å². The molecule has 0 fully saturated rings. The maximum atomic E-state index is 12.0. The van der Waals surface area contributed by atoms with E-state index in [0.717, 1.165) is 10.6 Å². The highest BCUT2D eigenvalue weighted by Crippen LogP contribution is 2.29. The molecule has 0 spiro atoms. The fourth-order valence-electron chi connectivity index (χ4n) is 1.27. The van der Waals surface area contributed by atoms with E-state index in [2.05, 4.69) is 0 Å². The fourth-order valence-corrected chi connectivity index (χ4v) is 2.16. The Labute approximate surface area is 93.9 Å². The van der Waals surface area contributed by atoms with Crippen molar-refractivity contribution in [2.24, 2.45) is 5.41 Å². The summed E-state index contributed by atoms with van der Waals surface area (Å²) in [6, 6.07) is 3.98. The second-order valence-corrected chi connectivity index (χ2v) is 4.90. The van der Waals surface area contributed by atoms with Crippen LogP contribution in [0.25, 0.3) is 0 Å². The van der Waals surface area contributed by atoms with E-state index in [1.165, 1.54) is 11.3 Å². The van der Waals surface area contributed by atoms with Crippen molar-refractivity contribution in [1.82, 2.24) is 0 Å². The molecule has 80 valence electrons. The number of rotatable bonds is 2. The Morgan fingerprint density at radius 3 is 2.60 bits per heavy atom. The molecule has 0 N–H and O–H groups in total. The molecule has 0 aromatic carbocycles. The van der Waals surface area contributed by atoms with Crippen LogP contribution in [0.5, 0.6) is 0 Å². The number of aryl methyl sites for hydroxylation is 1. The molecule has 0 aliphatic rings. The number of nitrogens with zero attached hydrogens (tertiary/aromatic N) is 2. The third-order valence-corrected chi connectivity index (χ3v) is 3.35. The largest absolute Gasteiger partial charge is 0.305 e. The summed E-state index contributed by atoms with van der Waals surface area (Å²) in [7, 11) is 1.71. The van der Waals surface area contributed by atoms with Crippen molar-refractivity contribution in [3.63, 3.8) is 0 Å². The van der Waals surface area contributed by atoms with Crippen molar-refractivity contribution in [1.29, 1.82) is 5.26 Å². The minimum atomic E-state index is -0.967. The van der Waals surface area contributed by atoms with Crippen LogP contribution in [-0.4, -0.2) is 13.0 Å². The summed E-state index contributed by atoms with van der Waals surface area (Å²) in [5.74, 6) is -0.171. The van der Waals surface area contributed by atoms with Crippen LogP contribution in [0.15, 0.2) is 11.4 Å². The van der Waals surface area contributed by atoms with Crippen LogP contribution in [0.4, 0.5) is 5.00 Å². The second-order valence-electron chi connectivity index (χ2n) is 4.01. The highest BCUT2D eigenvalue weighted by molar-refractivity contribution is 7.14. The number of anilines is 1. The van der Waals surface area contributed by atoms with E-state index in [1.807, 2.05) is 24.4 Å². The summed E-state index contributed by atoms with van der Waals surface area (Å²) in [4.78, 5) is 13.5. The summed E-state index contributed by atoms with van der Waals surface area (Å²) in [6.07, 6.45) is 0. The topological polar surface area (TPSA) is 44.1 Å². The van der Waals surface area contributed by atoms with Gasteiger partial charge >= 0.3 is 0 Å². The van der Waals surface area contributed by atoms with Gasteiger partial charge in [0, 0.05) is 7.05 Å². The van der Waals surface area contributed by atoms with Crippen LogP contribution in [0.1, 0.15) is 19.4 Å². The molecule has 0 radical (unpaired) electrons. The molecule has 3 nitrogen and oxygen atoms in total. The Hall–Kier alpha value is -1.34. The second kappa shape index (κ2) is 4.03. The number of hydrogen-bond acceptors (Lipinski definition) is 3. The zero-order valence-electron chi connectivity index (χ0n) is 9.37. The molecule has 0 saturated carbocycles. The van der Waals surface area contributed by atoms with Gasteiger partial charge in [-0.2, -0.15) is 5.26 Å². The normalized spacial score (nSPS) is 10.9. The first-order valence-electron chi connectivity index (χ1n) is 4.63. The highest BCUT2D eigenvalue weighted by atomic mass is 32.1. The lowest BCUT2D eigenvalue weighted by Crippen LogP contribution is -2.37. The molecule has 0 atom stereocenters. The minimum Gasteiger partial charge on any atom is -0.305 e. The molecule has 1 aromatic rings. The zero-order chi connectivity index (χ0) is 11.6. The van der Waals surface area contributed by atoms with Crippen molar-refractivity contribution in [3.8, 4) is 6.07 Å². The van der Waals surface area contributed by atoms with Crippen LogP contribution >= 0.6 is 11.3 Å². The first-order valence-corrected chi connectivity index (χ1v) is 5.51. The fraction of sp³-hybridized carbons (Fsp3) is 0.455. The Bertz CT molecular complexity index is 414. The third kappa shape index (κ3) is 2.18. The average Bonchev–Trinajstić information content (AvgIpc) is 2.62. The van der Waals surface area contributed by atoms with Gasteiger partial charge in [0.2, 0.25) is 5.91 Å². The first-order chi connectivity index (χ1) is 6.90. The molecule has 0 bridgehead atoms. The predicted molar refractivity (Wildman–Crippen MR) is 61.9 cm³/mol. The summed E-state index contributed by atoms with van der Waals surface area (Å²) in [5, 5.41) is 11.7. The Kier molecular flexibility index (Phi) is 3.15. The molecule has 1 heterocycles. The van der Waals surface area contributed by atoms with Crippen molar-refractivity contribution >= 4 is 22.2 Å². The number of thiophene rings is 1.